The van der Waals surface area contributed by atoms with Gasteiger partial charge in [0.25, 0.3) is 0 Å². The predicted molar refractivity (Wildman–Crippen MR) is 96.0 cm³/mol. The molecule has 118 valence electrons. The van der Waals surface area contributed by atoms with Crippen LogP contribution in [0.1, 0.15) is 52.0 Å². The van der Waals surface area contributed by atoms with Crippen molar-refractivity contribution in [1.29, 1.82) is 0 Å². The molecule has 1 saturated heterocycles. The summed E-state index contributed by atoms with van der Waals surface area (Å²) in [5.41, 5.74) is 2.71. The minimum atomic E-state index is 0.521. The number of anilines is 1. The number of hydrogen-bond acceptors (Lipinski definition) is 2. The largest absolute Gasteiger partial charge is 0.371 e. The van der Waals surface area contributed by atoms with Gasteiger partial charge in [-0.2, -0.15) is 0 Å². The van der Waals surface area contributed by atoms with Gasteiger partial charge in [0.1, 0.15) is 0 Å². The van der Waals surface area contributed by atoms with E-state index in [1.54, 1.807) is 0 Å². The minimum Gasteiger partial charge on any atom is -0.371 e. The molecule has 1 aromatic rings. The van der Waals surface area contributed by atoms with Gasteiger partial charge >= 0.3 is 0 Å². The van der Waals surface area contributed by atoms with E-state index in [9.17, 15) is 0 Å². The highest BCUT2D eigenvalue weighted by Gasteiger charge is 2.16. The van der Waals surface area contributed by atoms with Gasteiger partial charge in [-0.3, -0.25) is 0 Å². The number of rotatable bonds is 5. The molecule has 0 aliphatic carbocycles. The third-order valence-corrected chi connectivity index (χ3v) is 5.27. The van der Waals surface area contributed by atoms with Gasteiger partial charge in [0.15, 0.2) is 0 Å². The lowest BCUT2D eigenvalue weighted by Gasteiger charge is -2.24. The molecule has 0 radical (unpaired) electrons. The standard InChI is InChI=1S/C18H29BrN2/c1-4-15-6-5-10-21(11-9-15)17-8-7-16(18(19)12-17)13-20-14(2)3/h7-8,12,14-15,20H,4-6,9-11,13H2,1-3H3. The van der Waals surface area contributed by atoms with Crippen molar-refractivity contribution < 1.29 is 0 Å². The molecule has 1 fully saturated rings. The topological polar surface area (TPSA) is 15.3 Å². The second-order valence-corrected chi connectivity index (χ2v) is 7.36. The Bertz CT molecular complexity index is 445. The summed E-state index contributed by atoms with van der Waals surface area (Å²) in [5.74, 6) is 0.924. The SMILES string of the molecule is CCC1CCCN(c2ccc(CNC(C)C)c(Br)c2)CC1. The Labute approximate surface area is 138 Å². The molecule has 1 heterocycles. The van der Waals surface area contributed by atoms with Gasteiger partial charge in [-0.15, -0.1) is 0 Å². The van der Waals surface area contributed by atoms with Crippen molar-refractivity contribution in [2.45, 2.75) is 59.0 Å². The molecule has 2 nitrogen and oxygen atoms in total. The highest BCUT2D eigenvalue weighted by atomic mass is 79.9. The quantitative estimate of drug-likeness (QED) is 0.805. The van der Waals surface area contributed by atoms with Gasteiger partial charge in [-0.05, 0) is 42.9 Å². The van der Waals surface area contributed by atoms with E-state index in [2.05, 4.69) is 65.1 Å². The van der Waals surface area contributed by atoms with Crippen LogP contribution in [0, 0.1) is 5.92 Å². The first kappa shape index (κ1) is 16.8. The summed E-state index contributed by atoms with van der Waals surface area (Å²) in [6, 6.07) is 7.36. The molecular weight excluding hydrogens is 324 g/mol. The summed E-state index contributed by atoms with van der Waals surface area (Å²) in [4.78, 5) is 2.56. The van der Waals surface area contributed by atoms with Gasteiger partial charge in [0.05, 0.1) is 0 Å². The van der Waals surface area contributed by atoms with Crippen LogP contribution in [-0.4, -0.2) is 19.1 Å². The Hall–Kier alpha value is -0.540. The maximum Gasteiger partial charge on any atom is 0.0377 e. The monoisotopic (exact) mass is 352 g/mol. The fraction of sp³-hybridized carbons (Fsp3) is 0.667. The molecule has 2 rings (SSSR count). The van der Waals surface area contributed by atoms with Crippen molar-refractivity contribution in [2.24, 2.45) is 5.92 Å². The van der Waals surface area contributed by atoms with Crippen LogP contribution < -0.4 is 10.2 Å². The Morgan fingerprint density at radius 1 is 1.29 bits per heavy atom. The highest BCUT2D eigenvalue weighted by Crippen LogP contribution is 2.28. The first-order valence-electron chi connectivity index (χ1n) is 8.37. The van der Waals surface area contributed by atoms with E-state index in [4.69, 9.17) is 0 Å². The second-order valence-electron chi connectivity index (χ2n) is 6.50. The van der Waals surface area contributed by atoms with Crippen LogP contribution in [0.5, 0.6) is 0 Å². The van der Waals surface area contributed by atoms with Gasteiger partial charge in [-0.25, -0.2) is 0 Å². The Morgan fingerprint density at radius 2 is 2.10 bits per heavy atom. The normalized spacial score (nSPS) is 19.9. The van der Waals surface area contributed by atoms with E-state index in [0.29, 0.717) is 6.04 Å². The maximum atomic E-state index is 3.74. The van der Waals surface area contributed by atoms with E-state index in [0.717, 1.165) is 12.5 Å². The predicted octanol–water partition coefficient (Wildman–Crippen LogP) is 4.96. The molecule has 0 bridgehead atoms. The van der Waals surface area contributed by atoms with Gasteiger partial charge < -0.3 is 10.2 Å². The fourth-order valence-corrected chi connectivity index (χ4v) is 3.53. The molecule has 1 atom stereocenters. The molecule has 0 saturated carbocycles. The van der Waals surface area contributed by atoms with Crippen molar-refractivity contribution in [2.75, 3.05) is 18.0 Å². The number of nitrogens with one attached hydrogen (secondary N) is 1. The molecule has 1 unspecified atom stereocenters. The lowest BCUT2D eigenvalue weighted by Crippen LogP contribution is -2.25. The number of benzene rings is 1. The van der Waals surface area contributed by atoms with Gasteiger partial charge in [-0.1, -0.05) is 49.2 Å². The van der Waals surface area contributed by atoms with E-state index in [1.165, 1.54) is 54.5 Å². The lowest BCUT2D eigenvalue weighted by atomic mass is 9.98. The van der Waals surface area contributed by atoms with Crippen molar-refractivity contribution >= 4 is 21.6 Å². The molecule has 3 heteroatoms. The fourth-order valence-electron chi connectivity index (χ4n) is 3.02. The van der Waals surface area contributed by atoms with E-state index in [1.807, 2.05) is 0 Å². The molecular formula is C18H29BrN2. The van der Waals surface area contributed by atoms with Crippen LogP contribution in [0.15, 0.2) is 22.7 Å². The van der Waals surface area contributed by atoms with Gasteiger partial charge in [0, 0.05) is 35.8 Å². The Kier molecular flexibility index (Phi) is 6.56. The zero-order valence-corrected chi connectivity index (χ0v) is 15.2. The Balaban J connectivity index is 2.02. The summed E-state index contributed by atoms with van der Waals surface area (Å²) in [7, 11) is 0. The molecule has 1 aliphatic rings. The molecule has 0 amide bonds. The van der Waals surface area contributed by atoms with Crippen molar-refractivity contribution in [3.8, 4) is 0 Å². The second kappa shape index (κ2) is 8.19. The van der Waals surface area contributed by atoms with Crippen molar-refractivity contribution in [3.05, 3.63) is 28.2 Å². The number of halogens is 1. The zero-order chi connectivity index (χ0) is 15.2. The summed E-state index contributed by atoms with van der Waals surface area (Å²) in [6.07, 6.45) is 5.39. The van der Waals surface area contributed by atoms with Gasteiger partial charge in [0.2, 0.25) is 0 Å². The van der Waals surface area contributed by atoms with Crippen LogP contribution >= 0.6 is 15.9 Å². The molecule has 0 aromatic heterocycles. The summed E-state index contributed by atoms with van der Waals surface area (Å²) in [6.45, 7) is 10.0. The Morgan fingerprint density at radius 3 is 2.76 bits per heavy atom. The van der Waals surface area contributed by atoms with Crippen LogP contribution in [0.4, 0.5) is 5.69 Å². The van der Waals surface area contributed by atoms with E-state index < -0.39 is 0 Å². The molecule has 1 aliphatic heterocycles. The summed E-state index contributed by atoms with van der Waals surface area (Å²) in [5, 5.41) is 3.48. The summed E-state index contributed by atoms with van der Waals surface area (Å²) >= 11 is 3.74. The van der Waals surface area contributed by atoms with Crippen LogP contribution in [-0.2, 0) is 6.54 Å². The van der Waals surface area contributed by atoms with Crippen LogP contribution in [0.25, 0.3) is 0 Å². The lowest BCUT2D eigenvalue weighted by molar-refractivity contribution is 0.459. The average molecular weight is 353 g/mol. The first-order valence-corrected chi connectivity index (χ1v) is 9.16. The third kappa shape index (κ3) is 5.00. The zero-order valence-electron chi connectivity index (χ0n) is 13.7. The van der Waals surface area contributed by atoms with Crippen molar-refractivity contribution in [1.82, 2.24) is 5.32 Å². The number of nitrogens with zero attached hydrogens (tertiary/aromatic N) is 1. The average Bonchev–Trinajstić information content (AvgIpc) is 2.71. The van der Waals surface area contributed by atoms with E-state index in [-0.39, 0.29) is 0 Å². The molecule has 21 heavy (non-hydrogen) atoms. The van der Waals surface area contributed by atoms with Crippen LogP contribution in [0.2, 0.25) is 0 Å². The van der Waals surface area contributed by atoms with Crippen LogP contribution in [0.3, 0.4) is 0 Å². The molecule has 1 N–H and O–H groups in total. The highest BCUT2D eigenvalue weighted by molar-refractivity contribution is 9.10. The molecule has 0 spiro atoms. The molecule has 1 aromatic carbocycles. The number of hydrogen-bond donors (Lipinski definition) is 1. The summed E-state index contributed by atoms with van der Waals surface area (Å²) < 4.78 is 1.23. The smallest absolute Gasteiger partial charge is 0.0377 e. The van der Waals surface area contributed by atoms with Crippen molar-refractivity contribution in [3.63, 3.8) is 0 Å². The maximum absolute atomic E-state index is 3.74. The minimum absolute atomic E-state index is 0.521. The van der Waals surface area contributed by atoms with E-state index >= 15 is 0 Å². The third-order valence-electron chi connectivity index (χ3n) is 4.53. The first-order chi connectivity index (χ1) is 10.1.